The first-order chi connectivity index (χ1) is 11.4. The van der Waals surface area contributed by atoms with Crippen LogP contribution in [0.2, 0.25) is 0 Å². The lowest BCUT2D eigenvalue weighted by atomic mass is 9.82. The summed E-state index contributed by atoms with van der Waals surface area (Å²) in [7, 11) is -3.20. The van der Waals surface area contributed by atoms with E-state index in [-0.39, 0.29) is 28.9 Å². The number of carbonyl (C=O) groups excluding carboxylic acids is 1. The van der Waals surface area contributed by atoms with Crippen LogP contribution in [0.25, 0.3) is 0 Å². The molecule has 0 unspecified atom stereocenters. The molecule has 1 amide bonds. The zero-order valence-electron chi connectivity index (χ0n) is 14.1. The number of hydrogen-bond acceptors (Lipinski definition) is 4. The van der Waals surface area contributed by atoms with E-state index in [1.54, 1.807) is 24.3 Å². The highest BCUT2D eigenvalue weighted by molar-refractivity contribution is 7.90. The number of hydrogen-bond donors (Lipinski definition) is 1. The van der Waals surface area contributed by atoms with Gasteiger partial charge in [0.1, 0.15) is 0 Å². The first-order valence-electron chi connectivity index (χ1n) is 8.59. The normalized spacial score (nSPS) is 23.3. The van der Waals surface area contributed by atoms with Gasteiger partial charge >= 0.3 is 0 Å². The van der Waals surface area contributed by atoms with Gasteiger partial charge in [-0.05, 0) is 37.0 Å². The van der Waals surface area contributed by atoms with Crippen LogP contribution in [-0.2, 0) is 25.8 Å². The molecular weight excluding hydrogens is 326 g/mol. The SMILES string of the molecule is CS(=O)(=O)c1ccc(CC(=O)N[C@H]2COC3(CCCCC3)C2)cc1. The van der Waals surface area contributed by atoms with E-state index in [9.17, 15) is 13.2 Å². The Morgan fingerprint density at radius 1 is 1.21 bits per heavy atom. The van der Waals surface area contributed by atoms with Gasteiger partial charge in [0.2, 0.25) is 5.91 Å². The monoisotopic (exact) mass is 351 g/mol. The Morgan fingerprint density at radius 3 is 2.50 bits per heavy atom. The van der Waals surface area contributed by atoms with Gasteiger partial charge in [-0.15, -0.1) is 0 Å². The number of sulfone groups is 1. The van der Waals surface area contributed by atoms with Crippen molar-refractivity contribution in [1.29, 1.82) is 0 Å². The third-order valence-corrected chi connectivity index (χ3v) is 6.18. The first-order valence-corrected chi connectivity index (χ1v) is 10.5. The van der Waals surface area contributed by atoms with Crippen molar-refractivity contribution in [3.63, 3.8) is 0 Å². The third-order valence-electron chi connectivity index (χ3n) is 5.06. The molecule has 5 nitrogen and oxygen atoms in total. The summed E-state index contributed by atoms with van der Waals surface area (Å²) in [5, 5.41) is 3.06. The zero-order valence-corrected chi connectivity index (χ0v) is 14.9. The molecule has 1 heterocycles. The number of benzene rings is 1. The Morgan fingerprint density at radius 2 is 1.88 bits per heavy atom. The molecule has 132 valence electrons. The molecule has 2 aliphatic rings. The fourth-order valence-electron chi connectivity index (χ4n) is 3.80. The minimum atomic E-state index is -3.20. The summed E-state index contributed by atoms with van der Waals surface area (Å²) in [6.45, 7) is 0.596. The molecular formula is C18H25NO4S. The highest BCUT2D eigenvalue weighted by Crippen LogP contribution is 2.39. The van der Waals surface area contributed by atoms with Crippen LogP contribution in [0.3, 0.4) is 0 Å². The summed E-state index contributed by atoms with van der Waals surface area (Å²) in [5.74, 6) is -0.0384. The molecule has 1 aliphatic carbocycles. The van der Waals surface area contributed by atoms with Crippen LogP contribution >= 0.6 is 0 Å². The molecule has 1 N–H and O–H groups in total. The van der Waals surface area contributed by atoms with Gasteiger partial charge in [-0.2, -0.15) is 0 Å². The Hall–Kier alpha value is -1.40. The van der Waals surface area contributed by atoms with Crippen molar-refractivity contribution in [2.75, 3.05) is 12.9 Å². The van der Waals surface area contributed by atoms with Crippen LogP contribution in [0, 0.1) is 0 Å². The van der Waals surface area contributed by atoms with Crippen molar-refractivity contribution in [2.45, 2.75) is 61.5 Å². The predicted octanol–water partition coefficient (Wildman–Crippen LogP) is 2.24. The number of rotatable bonds is 4. The van der Waals surface area contributed by atoms with Crippen LogP contribution in [0.4, 0.5) is 0 Å². The summed E-state index contributed by atoms with van der Waals surface area (Å²) in [5.41, 5.74) is 0.805. The van der Waals surface area contributed by atoms with Gasteiger partial charge in [0.25, 0.3) is 0 Å². The standard InChI is InChI=1S/C18H25NO4S/c1-24(21,22)16-7-5-14(6-8-16)11-17(20)19-15-12-18(23-13-15)9-3-2-4-10-18/h5-8,15H,2-4,9-13H2,1H3,(H,19,20)/t15-/m1/s1. The van der Waals surface area contributed by atoms with Gasteiger partial charge in [0.05, 0.1) is 29.6 Å². The van der Waals surface area contributed by atoms with Crippen molar-refractivity contribution in [1.82, 2.24) is 5.32 Å². The lowest BCUT2D eigenvalue weighted by Gasteiger charge is -2.32. The van der Waals surface area contributed by atoms with Gasteiger partial charge < -0.3 is 10.1 Å². The van der Waals surface area contributed by atoms with E-state index in [0.29, 0.717) is 6.61 Å². The van der Waals surface area contributed by atoms with Gasteiger partial charge in [0, 0.05) is 6.26 Å². The molecule has 0 radical (unpaired) electrons. The van der Waals surface area contributed by atoms with Crippen molar-refractivity contribution < 1.29 is 17.9 Å². The van der Waals surface area contributed by atoms with Gasteiger partial charge in [0.15, 0.2) is 9.84 Å². The smallest absolute Gasteiger partial charge is 0.224 e. The summed E-state index contributed by atoms with van der Waals surface area (Å²) in [4.78, 5) is 12.5. The summed E-state index contributed by atoms with van der Waals surface area (Å²) < 4.78 is 28.9. The molecule has 6 heteroatoms. The maximum Gasteiger partial charge on any atom is 0.224 e. The molecule has 0 aromatic heterocycles. The first kappa shape index (κ1) is 17.4. The average molecular weight is 351 g/mol. The molecule has 1 aromatic carbocycles. The quantitative estimate of drug-likeness (QED) is 0.903. The van der Waals surface area contributed by atoms with Crippen molar-refractivity contribution in [2.24, 2.45) is 0 Å². The molecule has 1 atom stereocenters. The van der Waals surface area contributed by atoms with Crippen LogP contribution in [0.1, 0.15) is 44.1 Å². The fourth-order valence-corrected chi connectivity index (χ4v) is 4.43. The van der Waals surface area contributed by atoms with E-state index < -0.39 is 9.84 Å². The Kier molecular flexibility index (Phi) is 4.97. The van der Waals surface area contributed by atoms with E-state index in [1.807, 2.05) is 0 Å². The van der Waals surface area contributed by atoms with E-state index >= 15 is 0 Å². The third kappa shape index (κ3) is 4.16. The molecule has 24 heavy (non-hydrogen) atoms. The van der Waals surface area contributed by atoms with Crippen molar-refractivity contribution in [3.05, 3.63) is 29.8 Å². The van der Waals surface area contributed by atoms with Crippen LogP contribution in [0.15, 0.2) is 29.2 Å². The van der Waals surface area contributed by atoms with Crippen LogP contribution in [-0.4, -0.2) is 38.8 Å². The number of ether oxygens (including phenoxy) is 1. The second-order valence-corrected chi connectivity index (χ2v) is 9.13. The lowest BCUT2D eigenvalue weighted by Crippen LogP contribution is -2.38. The fraction of sp³-hybridized carbons (Fsp3) is 0.611. The lowest BCUT2D eigenvalue weighted by molar-refractivity contribution is -0.121. The summed E-state index contributed by atoms with van der Waals surface area (Å²) >= 11 is 0. The molecule has 1 saturated heterocycles. The molecule has 1 aromatic rings. The van der Waals surface area contributed by atoms with E-state index in [2.05, 4.69) is 5.32 Å². The van der Waals surface area contributed by atoms with Crippen LogP contribution in [0.5, 0.6) is 0 Å². The maximum atomic E-state index is 12.2. The minimum absolute atomic E-state index is 0.00662. The molecule has 3 rings (SSSR count). The molecule has 2 fully saturated rings. The Bertz CT molecular complexity index is 690. The predicted molar refractivity (Wildman–Crippen MR) is 91.6 cm³/mol. The van der Waals surface area contributed by atoms with Crippen molar-refractivity contribution >= 4 is 15.7 Å². The van der Waals surface area contributed by atoms with Gasteiger partial charge in [-0.1, -0.05) is 31.4 Å². The number of carbonyl (C=O) groups is 1. The average Bonchev–Trinajstić information content (AvgIpc) is 2.89. The molecule has 1 saturated carbocycles. The molecule has 0 bridgehead atoms. The second kappa shape index (κ2) is 6.84. The summed E-state index contributed by atoms with van der Waals surface area (Å²) in [6.07, 6.45) is 8.26. The maximum absolute atomic E-state index is 12.2. The highest BCUT2D eigenvalue weighted by atomic mass is 32.2. The van der Waals surface area contributed by atoms with E-state index in [1.165, 1.54) is 25.5 Å². The number of nitrogens with one attached hydrogen (secondary N) is 1. The Labute approximate surface area is 143 Å². The van der Waals surface area contributed by atoms with Crippen LogP contribution < -0.4 is 5.32 Å². The highest BCUT2D eigenvalue weighted by Gasteiger charge is 2.41. The van der Waals surface area contributed by atoms with Crippen molar-refractivity contribution in [3.8, 4) is 0 Å². The zero-order chi connectivity index (χ0) is 17.2. The Balaban J connectivity index is 1.53. The van der Waals surface area contributed by atoms with Gasteiger partial charge in [-0.3, -0.25) is 4.79 Å². The molecule has 1 spiro atoms. The topological polar surface area (TPSA) is 72.5 Å². The van der Waals surface area contributed by atoms with E-state index in [0.717, 1.165) is 24.8 Å². The molecule has 1 aliphatic heterocycles. The van der Waals surface area contributed by atoms with E-state index in [4.69, 9.17) is 4.74 Å². The summed E-state index contributed by atoms with van der Waals surface area (Å²) in [6, 6.07) is 6.58. The number of amides is 1. The largest absolute Gasteiger partial charge is 0.373 e. The van der Waals surface area contributed by atoms with Gasteiger partial charge in [-0.25, -0.2) is 8.42 Å². The minimum Gasteiger partial charge on any atom is -0.373 e. The second-order valence-electron chi connectivity index (χ2n) is 7.12.